The zero-order valence-electron chi connectivity index (χ0n) is 12.0. The average molecular weight is 278 g/mol. The van der Waals surface area contributed by atoms with Crippen molar-refractivity contribution in [1.82, 2.24) is 14.5 Å². The van der Waals surface area contributed by atoms with Gasteiger partial charge in [0, 0.05) is 18.9 Å². The topological polar surface area (TPSA) is 42.7 Å². The van der Waals surface area contributed by atoms with Crippen LogP contribution in [0, 0.1) is 0 Å². The second-order valence-electron chi connectivity index (χ2n) is 4.85. The molecule has 0 saturated carbocycles. The molecule has 106 valence electrons. The fourth-order valence-corrected chi connectivity index (χ4v) is 2.31. The number of hydrogen-bond donors (Lipinski definition) is 1. The lowest BCUT2D eigenvalue weighted by molar-refractivity contribution is 0.988. The summed E-state index contributed by atoms with van der Waals surface area (Å²) in [5, 5.41) is 3.42. The Balaban J connectivity index is 1.68. The van der Waals surface area contributed by atoms with E-state index in [9.17, 15) is 0 Å². The molecule has 0 aliphatic carbocycles. The van der Waals surface area contributed by atoms with Crippen molar-refractivity contribution in [2.24, 2.45) is 0 Å². The van der Waals surface area contributed by atoms with Gasteiger partial charge in [0.05, 0.1) is 11.9 Å². The Morgan fingerprint density at radius 3 is 2.62 bits per heavy atom. The molecule has 2 heterocycles. The third kappa shape index (κ3) is 3.11. The summed E-state index contributed by atoms with van der Waals surface area (Å²) in [6.45, 7) is 3.00. The molecule has 0 radical (unpaired) electrons. The molecule has 0 unspecified atom stereocenters. The third-order valence-electron chi connectivity index (χ3n) is 3.50. The fraction of sp³-hybridized carbons (Fsp3) is 0.176. The highest BCUT2D eigenvalue weighted by atomic mass is 15.1. The molecule has 0 fully saturated rings. The highest BCUT2D eigenvalue weighted by molar-refractivity contribution is 5.44. The lowest BCUT2D eigenvalue weighted by Crippen LogP contribution is -2.03. The zero-order chi connectivity index (χ0) is 14.5. The van der Waals surface area contributed by atoms with Crippen molar-refractivity contribution in [2.75, 3.05) is 5.32 Å². The molecule has 21 heavy (non-hydrogen) atoms. The molecule has 0 aliphatic heterocycles. The molecule has 0 saturated heterocycles. The highest BCUT2D eigenvalue weighted by Gasteiger charge is 2.01. The molecule has 3 rings (SSSR count). The van der Waals surface area contributed by atoms with Gasteiger partial charge in [-0.05, 0) is 29.7 Å². The number of rotatable bonds is 5. The third-order valence-corrected chi connectivity index (χ3v) is 3.50. The molecule has 4 nitrogen and oxygen atoms in total. The van der Waals surface area contributed by atoms with Crippen LogP contribution in [0.5, 0.6) is 0 Å². The number of anilines is 1. The molecule has 0 aliphatic rings. The molecular weight excluding hydrogens is 260 g/mol. The Labute approximate surface area is 124 Å². The standard InChI is InChI=1S/C17H18N4/c1-2-14-5-3-4-6-15(14)11-19-16-7-8-17(20-12-16)21-10-9-18-13-21/h3-10,12-13,19H,2,11H2,1H3. The number of benzene rings is 1. The van der Waals surface area contributed by atoms with Crippen LogP contribution in [0.3, 0.4) is 0 Å². The van der Waals surface area contributed by atoms with Crippen LogP contribution in [-0.4, -0.2) is 14.5 Å². The largest absolute Gasteiger partial charge is 0.380 e. The molecule has 0 amide bonds. The maximum Gasteiger partial charge on any atom is 0.137 e. The molecule has 0 spiro atoms. The summed E-state index contributed by atoms with van der Waals surface area (Å²) in [5.74, 6) is 0.868. The maximum absolute atomic E-state index is 4.44. The van der Waals surface area contributed by atoms with Gasteiger partial charge >= 0.3 is 0 Å². The summed E-state index contributed by atoms with van der Waals surface area (Å²) < 4.78 is 1.89. The normalized spacial score (nSPS) is 10.5. The molecule has 0 bridgehead atoms. The van der Waals surface area contributed by atoms with Crippen molar-refractivity contribution >= 4 is 5.69 Å². The summed E-state index contributed by atoms with van der Waals surface area (Å²) in [6.07, 6.45) is 8.27. The van der Waals surface area contributed by atoms with E-state index in [-0.39, 0.29) is 0 Å². The number of imidazole rings is 1. The Bertz CT molecular complexity index is 687. The zero-order valence-corrected chi connectivity index (χ0v) is 12.0. The number of aryl methyl sites for hydroxylation is 1. The van der Waals surface area contributed by atoms with E-state index >= 15 is 0 Å². The minimum Gasteiger partial charge on any atom is -0.380 e. The van der Waals surface area contributed by atoms with E-state index in [2.05, 4.69) is 46.5 Å². The van der Waals surface area contributed by atoms with Gasteiger partial charge in [-0.25, -0.2) is 9.97 Å². The van der Waals surface area contributed by atoms with Crippen LogP contribution in [0.4, 0.5) is 5.69 Å². The monoisotopic (exact) mass is 278 g/mol. The summed E-state index contributed by atoms with van der Waals surface area (Å²) in [5.41, 5.74) is 3.73. The van der Waals surface area contributed by atoms with E-state index in [1.165, 1.54) is 11.1 Å². The Morgan fingerprint density at radius 2 is 1.95 bits per heavy atom. The van der Waals surface area contributed by atoms with Crippen LogP contribution in [0.1, 0.15) is 18.1 Å². The summed E-state index contributed by atoms with van der Waals surface area (Å²) in [4.78, 5) is 8.46. The van der Waals surface area contributed by atoms with Crippen LogP contribution >= 0.6 is 0 Å². The highest BCUT2D eigenvalue weighted by Crippen LogP contribution is 2.14. The minimum absolute atomic E-state index is 0.816. The van der Waals surface area contributed by atoms with Crippen LogP contribution < -0.4 is 5.32 Å². The average Bonchev–Trinajstić information content (AvgIpc) is 3.08. The van der Waals surface area contributed by atoms with Crippen LogP contribution in [0.15, 0.2) is 61.3 Å². The molecule has 4 heteroatoms. The quantitative estimate of drug-likeness (QED) is 0.777. The van der Waals surface area contributed by atoms with E-state index in [1.54, 1.807) is 12.5 Å². The number of nitrogens with one attached hydrogen (secondary N) is 1. The van der Waals surface area contributed by atoms with E-state index in [0.717, 1.165) is 24.5 Å². The molecule has 0 atom stereocenters. The van der Waals surface area contributed by atoms with Gasteiger partial charge in [-0.1, -0.05) is 31.2 Å². The maximum atomic E-state index is 4.44. The van der Waals surface area contributed by atoms with E-state index in [0.29, 0.717) is 0 Å². The molecule has 1 N–H and O–H groups in total. The van der Waals surface area contributed by atoms with Gasteiger partial charge in [0.1, 0.15) is 12.1 Å². The van der Waals surface area contributed by atoms with Crippen molar-refractivity contribution in [3.8, 4) is 5.82 Å². The Kier molecular flexibility index (Phi) is 3.96. The number of aromatic nitrogens is 3. The number of hydrogen-bond acceptors (Lipinski definition) is 3. The summed E-state index contributed by atoms with van der Waals surface area (Å²) in [6, 6.07) is 12.5. The van der Waals surface area contributed by atoms with Crippen molar-refractivity contribution in [3.05, 3.63) is 72.4 Å². The molecular formula is C17H18N4. The predicted molar refractivity (Wildman–Crippen MR) is 84.5 cm³/mol. The number of nitrogens with zero attached hydrogens (tertiary/aromatic N) is 3. The molecule has 3 aromatic rings. The van der Waals surface area contributed by atoms with Gasteiger partial charge < -0.3 is 5.32 Å². The first kappa shape index (κ1) is 13.4. The van der Waals surface area contributed by atoms with Gasteiger partial charge in [0.15, 0.2) is 0 Å². The van der Waals surface area contributed by atoms with Gasteiger partial charge in [0.2, 0.25) is 0 Å². The van der Waals surface area contributed by atoms with Crippen LogP contribution in [0.25, 0.3) is 5.82 Å². The van der Waals surface area contributed by atoms with Crippen molar-refractivity contribution in [3.63, 3.8) is 0 Å². The van der Waals surface area contributed by atoms with Crippen LogP contribution in [-0.2, 0) is 13.0 Å². The lowest BCUT2D eigenvalue weighted by atomic mass is 10.1. The van der Waals surface area contributed by atoms with Crippen molar-refractivity contribution in [2.45, 2.75) is 19.9 Å². The van der Waals surface area contributed by atoms with Gasteiger partial charge in [-0.2, -0.15) is 0 Å². The first-order valence-corrected chi connectivity index (χ1v) is 7.12. The second-order valence-corrected chi connectivity index (χ2v) is 4.85. The lowest BCUT2D eigenvalue weighted by Gasteiger charge is -2.10. The van der Waals surface area contributed by atoms with Crippen LogP contribution in [0.2, 0.25) is 0 Å². The van der Waals surface area contributed by atoms with E-state index in [4.69, 9.17) is 0 Å². The SMILES string of the molecule is CCc1ccccc1CNc1ccc(-n2ccnc2)nc1. The first-order valence-electron chi connectivity index (χ1n) is 7.12. The van der Waals surface area contributed by atoms with E-state index < -0.39 is 0 Å². The van der Waals surface area contributed by atoms with Crippen molar-refractivity contribution < 1.29 is 0 Å². The Morgan fingerprint density at radius 1 is 1.10 bits per heavy atom. The Hall–Kier alpha value is -2.62. The molecule has 2 aromatic heterocycles. The van der Waals surface area contributed by atoms with E-state index in [1.807, 2.05) is 29.1 Å². The first-order chi connectivity index (χ1) is 10.4. The van der Waals surface area contributed by atoms with Gasteiger partial charge in [-0.15, -0.1) is 0 Å². The number of pyridine rings is 1. The van der Waals surface area contributed by atoms with Gasteiger partial charge in [-0.3, -0.25) is 4.57 Å². The minimum atomic E-state index is 0.816. The predicted octanol–water partition coefficient (Wildman–Crippen LogP) is 3.44. The fourth-order valence-electron chi connectivity index (χ4n) is 2.31. The van der Waals surface area contributed by atoms with Crippen molar-refractivity contribution in [1.29, 1.82) is 0 Å². The summed E-state index contributed by atoms with van der Waals surface area (Å²) in [7, 11) is 0. The molecule has 1 aromatic carbocycles. The van der Waals surface area contributed by atoms with Gasteiger partial charge in [0.25, 0.3) is 0 Å². The summed E-state index contributed by atoms with van der Waals surface area (Å²) >= 11 is 0. The second kappa shape index (κ2) is 6.22. The smallest absolute Gasteiger partial charge is 0.137 e.